The molecule has 0 aliphatic rings. The van der Waals surface area contributed by atoms with Gasteiger partial charge in [0.2, 0.25) is 0 Å². The SMILES string of the molecule is Br.N=C(N)SCc1cc(F)ccc1Oc1cc(Cl)ccc1CSC(=N)N. The third kappa shape index (κ3) is 7.06. The maximum atomic E-state index is 13.6. The van der Waals surface area contributed by atoms with E-state index in [4.69, 9.17) is 38.6 Å². The number of rotatable bonds is 6. The van der Waals surface area contributed by atoms with Gasteiger partial charge in [0.25, 0.3) is 0 Å². The zero-order valence-corrected chi connectivity index (χ0v) is 17.5. The fourth-order valence-corrected chi connectivity index (χ4v) is 3.18. The van der Waals surface area contributed by atoms with Crippen LogP contribution in [0.4, 0.5) is 4.39 Å². The van der Waals surface area contributed by atoms with Crippen molar-refractivity contribution in [3.8, 4) is 11.5 Å². The molecule has 2 aromatic carbocycles. The second kappa shape index (κ2) is 10.7. The molecule has 140 valence electrons. The molecular weight excluding hydrogens is 463 g/mol. The summed E-state index contributed by atoms with van der Waals surface area (Å²) in [6, 6.07) is 9.34. The average molecular weight is 480 g/mol. The van der Waals surface area contributed by atoms with Crippen LogP contribution in [0.3, 0.4) is 0 Å². The third-order valence-corrected chi connectivity index (χ3v) is 4.81. The van der Waals surface area contributed by atoms with E-state index in [-0.39, 0.29) is 27.3 Å². The lowest BCUT2D eigenvalue weighted by atomic mass is 10.2. The van der Waals surface area contributed by atoms with Gasteiger partial charge in [0.05, 0.1) is 0 Å². The Balaban J connectivity index is 0.00000338. The Hall–Kier alpha value is -1.42. The molecule has 6 N–H and O–H groups in total. The number of thioether (sulfide) groups is 2. The molecule has 0 aromatic heterocycles. The Kier molecular flexibility index (Phi) is 9.28. The number of amidine groups is 2. The maximum absolute atomic E-state index is 13.6. The summed E-state index contributed by atoms with van der Waals surface area (Å²) in [4.78, 5) is 0. The average Bonchev–Trinajstić information content (AvgIpc) is 2.54. The van der Waals surface area contributed by atoms with Crippen molar-refractivity contribution in [2.24, 2.45) is 11.5 Å². The summed E-state index contributed by atoms with van der Waals surface area (Å²) in [6.45, 7) is 0. The number of hydrogen-bond acceptors (Lipinski definition) is 5. The summed E-state index contributed by atoms with van der Waals surface area (Å²) >= 11 is 8.29. The van der Waals surface area contributed by atoms with Crippen LogP contribution in [0.25, 0.3) is 0 Å². The van der Waals surface area contributed by atoms with Crippen LogP contribution in [0.1, 0.15) is 11.1 Å². The minimum atomic E-state index is -0.398. The monoisotopic (exact) mass is 478 g/mol. The molecule has 0 fully saturated rings. The number of halogens is 3. The van der Waals surface area contributed by atoms with Gasteiger partial charge in [-0.3, -0.25) is 10.8 Å². The first-order valence-electron chi connectivity index (χ1n) is 7.03. The van der Waals surface area contributed by atoms with E-state index in [9.17, 15) is 4.39 Å². The Morgan fingerprint density at radius 2 is 1.58 bits per heavy atom. The minimum absolute atomic E-state index is 0. The molecule has 0 heterocycles. The Labute approximate surface area is 174 Å². The van der Waals surface area contributed by atoms with Gasteiger partial charge in [-0.1, -0.05) is 41.2 Å². The summed E-state index contributed by atoms with van der Waals surface area (Å²) < 4.78 is 19.5. The quantitative estimate of drug-likeness (QED) is 0.340. The molecule has 0 saturated carbocycles. The third-order valence-electron chi connectivity index (χ3n) is 3.04. The van der Waals surface area contributed by atoms with Gasteiger partial charge in [-0.05, 0) is 30.3 Å². The molecule has 0 unspecified atom stereocenters. The number of ether oxygens (including phenoxy) is 1. The van der Waals surface area contributed by atoms with Crippen molar-refractivity contribution in [1.82, 2.24) is 0 Å². The van der Waals surface area contributed by atoms with Crippen molar-refractivity contribution in [2.45, 2.75) is 11.5 Å². The van der Waals surface area contributed by atoms with Gasteiger partial charge in [-0.15, -0.1) is 17.0 Å². The summed E-state index contributed by atoms with van der Waals surface area (Å²) in [6.07, 6.45) is 0. The highest BCUT2D eigenvalue weighted by molar-refractivity contribution is 8.93. The highest BCUT2D eigenvalue weighted by Crippen LogP contribution is 2.34. The largest absolute Gasteiger partial charge is 0.457 e. The highest BCUT2D eigenvalue weighted by Gasteiger charge is 2.12. The molecule has 0 saturated heterocycles. The minimum Gasteiger partial charge on any atom is -0.457 e. The number of hydrogen-bond donors (Lipinski definition) is 4. The number of nitrogens with two attached hydrogens (primary N) is 2. The predicted molar refractivity (Wildman–Crippen MR) is 115 cm³/mol. The van der Waals surface area contributed by atoms with Crippen molar-refractivity contribution >= 4 is 62.4 Å². The predicted octanol–water partition coefficient (Wildman–Crippen LogP) is 5.10. The van der Waals surface area contributed by atoms with E-state index in [2.05, 4.69) is 0 Å². The van der Waals surface area contributed by atoms with Crippen molar-refractivity contribution in [1.29, 1.82) is 10.8 Å². The van der Waals surface area contributed by atoms with Crippen molar-refractivity contribution in [2.75, 3.05) is 0 Å². The van der Waals surface area contributed by atoms with Crippen LogP contribution < -0.4 is 16.2 Å². The fraction of sp³-hybridized carbons (Fsp3) is 0.125. The smallest absolute Gasteiger partial charge is 0.151 e. The van der Waals surface area contributed by atoms with E-state index >= 15 is 0 Å². The van der Waals surface area contributed by atoms with Gasteiger partial charge >= 0.3 is 0 Å². The number of benzene rings is 2. The van der Waals surface area contributed by atoms with Crippen molar-refractivity contribution < 1.29 is 9.13 Å². The molecular formula is C16H17BrClFN4OS2. The molecule has 0 amide bonds. The topological polar surface area (TPSA) is 109 Å². The van der Waals surface area contributed by atoms with E-state index in [1.807, 2.05) is 0 Å². The first-order valence-corrected chi connectivity index (χ1v) is 9.38. The van der Waals surface area contributed by atoms with Crippen LogP contribution in [0.15, 0.2) is 36.4 Å². The van der Waals surface area contributed by atoms with Gasteiger partial charge in [-0.25, -0.2) is 4.39 Å². The van der Waals surface area contributed by atoms with E-state index in [1.165, 1.54) is 30.0 Å². The summed E-state index contributed by atoms with van der Waals surface area (Å²) in [5.41, 5.74) is 12.1. The van der Waals surface area contributed by atoms with Gasteiger partial charge in [-0.2, -0.15) is 0 Å². The maximum Gasteiger partial charge on any atom is 0.151 e. The van der Waals surface area contributed by atoms with E-state index < -0.39 is 5.82 Å². The standard InChI is InChI=1S/C16H16ClFN4OS2.BrH/c17-11-2-1-9(7-24-15(19)20)14(6-11)23-13-4-3-12(18)5-10(13)8-25-16(21)22;/h1-6H,7-8H2,(H3,19,20)(H3,21,22);1H. The summed E-state index contributed by atoms with van der Waals surface area (Å²) in [7, 11) is 0. The summed E-state index contributed by atoms with van der Waals surface area (Å²) in [5, 5.41) is 15.1. The molecule has 0 atom stereocenters. The van der Waals surface area contributed by atoms with E-state index in [0.717, 1.165) is 17.3 Å². The van der Waals surface area contributed by atoms with Crippen molar-refractivity contribution in [3.05, 3.63) is 58.4 Å². The van der Waals surface area contributed by atoms with Crippen LogP contribution in [-0.2, 0) is 11.5 Å². The second-order valence-corrected chi connectivity index (χ2v) is 7.38. The first-order chi connectivity index (χ1) is 11.8. The highest BCUT2D eigenvalue weighted by atomic mass is 79.9. The Bertz CT molecular complexity index is 810. The van der Waals surface area contributed by atoms with Gasteiger partial charge < -0.3 is 16.2 Å². The first kappa shape index (κ1) is 22.6. The van der Waals surface area contributed by atoms with Gasteiger partial charge in [0.1, 0.15) is 17.3 Å². The van der Waals surface area contributed by atoms with Crippen LogP contribution in [-0.4, -0.2) is 10.3 Å². The lowest BCUT2D eigenvalue weighted by Gasteiger charge is -2.14. The number of nitrogens with one attached hydrogen (secondary N) is 2. The summed E-state index contributed by atoms with van der Waals surface area (Å²) in [5.74, 6) is 1.31. The van der Waals surface area contributed by atoms with Gasteiger partial charge in [0, 0.05) is 27.7 Å². The Morgan fingerprint density at radius 1 is 0.962 bits per heavy atom. The molecule has 0 radical (unpaired) electrons. The van der Waals surface area contributed by atoms with E-state index in [1.54, 1.807) is 18.2 Å². The Morgan fingerprint density at radius 3 is 2.19 bits per heavy atom. The lowest BCUT2D eigenvalue weighted by Crippen LogP contribution is -2.05. The molecule has 2 rings (SSSR count). The van der Waals surface area contributed by atoms with Crippen LogP contribution >= 0.6 is 52.1 Å². The molecule has 0 spiro atoms. The molecule has 26 heavy (non-hydrogen) atoms. The second-order valence-electron chi connectivity index (χ2n) is 4.91. The molecule has 0 bridgehead atoms. The molecule has 2 aromatic rings. The van der Waals surface area contributed by atoms with Crippen LogP contribution in [0, 0.1) is 16.6 Å². The normalized spacial score (nSPS) is 10.1. The zero-order valence-electron chi connectivity index (χ0n) is 13.4. The fourth-order valence-electron chi connectivity index (χ4n) is 1.93. The lowest BCUT2D eigenvalue weighted by molar-refractivity contribution is 0.472. The van der Waals surface area contributed by atoms with Crippen LogP contribution in [0.5, 0.6) is 11.5 Å². The molecule has 0 aliphatic carbocycles. The zero-order chi connectivity index (χ0) is 18.4. The van der Waals surface area contributed by atoms with E-state index in [0.29, 0.717) is 33.6 Å². The molecule has 10 heteroatoms. The van der Waals surface area contributed by atoms with Crippen molar-refractivity contribution in [3.63, 3.8) is 0 Å². The van der Waals surface area contributed by atoms with Crippen LogP contribution in [0.2, 0.25) is 5.02 Å². The molecule has 5 nitrogen and oxygen atoms in total. The molecule has 0 aliphatic heterocycles. The van der Waals surface area contributed by atoms with Gasteiger partial charge in [0.15, 0.2) is 10.3 Å².